The van der Waals surface area contributed by atoms with Crippen molar-refractivity contribution < 1.29 is 9.53 Å². The van der Waals surface area contributed by atoms with Crippen LogP contribution in [0, 0.1) is 0 Å². The Hall–Kier alpha value is -2.18. The Morgan fingerprint density at radius 2 is 2.16 bits per heavy atom. The molecule has 1 atom stereocenters. The topological polar surface area (TPSA) is 61.5 Å². The van der Waals surface area contributed by atoms with E-state index in [9.17, 15) is 4.79 Å². The van der Waals surface area contributed by atoms with E-state index >= 15 is 0 Å². The van der Waals surface area contributed by atoms with Crippen molar-refractivity contribution in [3.8, 4) is 0 Å². The van der Waals surface area contributed by atoms with Gasteiger partial charge in [-0.05, 0) is 5.56 Å². The number of carbonyl (C=O) groups is 1. The molecule has 6 nitrogen and oxygen atoms in total. The van der Waals surface area contributed by atoms with E-state index in [0.29, 0.717) is 19.6 Å². The fourth-order valence-electron chi connectivity index (χ4n) is 3.64. The monoisotopic (exact) mass is 340 g/mol. The van der Waals surface area contributed by atoms with Gasteiger partial charge in [-0.2, -0.15) is 0 Å². The minimum Gasteiger partial charge on any atom is -0.375 e. The van der Waals surface area contributed by atoms with Crippen molar-refractivity contribution in [1.82, 2.24) is 19.8 Å². The van der Waals surface area contributed by atoms with E-state index in [1.54, 1.807) is 6.33 Å². The first-order valence-corrected chi connectivity index (χ1v) is 8.95. The molecule has 2 aliphatic heterocycles. The van der Waals surface area contributed by atoms with Crippen LogP contribution < -0.4 is 0 Å². The van der Waals surface area contributed by atoms with Gasteiger partial charge < -0.3 is 14.6 Å². The summed E-state index contributed by atoms with van der Waals surface area (Å²) in [5.74, 6) is 0.173. The molecule has 1 aromatic carbocycles. The summed E-state index contributed by atoms with van der Waals surface area (Å²) >= 11 is 0. The minimum atomic E-state index is -0.0203. The number of rotatable bonds is 4. The third kappa shape index (κ3) is 3.91. The van der Waals surface area contributed by atoms with Crippen LogP contribution >= 0.6 is 0 Å². The Balaban J connectivity index is 1.31. The summed E-state index contributed by atoms with van der Waals surface area (Å²) in [4.78, 5) is 24.4. The second kappa shape index (κ2) is 7.37. The molecule has 4 rings (SSSR count). The van der Waals surface area contributed by atoms with Crippen LogP contribution in [0.1, 0.15) is 23.4 Å². The van der Waals surface area contributed by atoms with Crippen LogP contribution in [-0.4, -0.2) is 58.0 Å². The molecule has 1 fully saturated rings. The quantitative estimate of drug-likeness (QED) is 0.918. The molecule has 0 aliphatic carbocycles. The fourth-order valence-corrected chi connectivity index (χ4v) is 3.64. The second-order valence-corrected chi connectivity index (χ2v) is 6.81. The molecule has 0 saturated carbocycles. The third-order valence-electron chi connectivity index (χ3n) is 5.00. The highest BCUT2D eigenvalue weighted by molar-refractivity contribution is 5.77. The molecule has 2 aliphatic rings. The zero-order valence-corrected chi connectivity index (χ0v) is 14.4. The highest BCUT2D eigenvalue weighted by atomic mass is 16.5. The zero-order chi connectivity index (χ0) is 17.1. The van der Waals surface area contributed by atoms with Crippen LogP contribution in [0.2, 0.25) is 0 Å². The Kier molecular flexibility index (Phi) is 4.81. The van der Waals surface area contributed by atoms with Crippen LogP contribution in [-0.2, 0) is 29.0 Å². The number of nitrogens with one attached hydrogen (secondary N) is 1. The smallest absolute Gasteiger partial charge is 0.225 e. The van der Waals surface area contributed by atoms with Gasteiger partial charge in [0.1, 0.15) is 0 Å². The van der Waals surface area contributed by atoms with Crippen molar-refractivity contribution in [2.45, 2.75) is 32.0 Å². The van der Waals surface area contributed by atoms with Gasteiger partial charge in [-0.15, -0.1) is 0 Å². The van der Waals surface area contributed by atoms with Gasteiger partial charge in [-0.25, -0.2) is 4.98 Å². The van der Waals surface area contributed by atoms with E-state index in [1.165, 1.54) is 5.56 Å². The maximum absolute atomic E-state index is 12.7. The Morgan fingerprint density at radius 1 is 1.28 bits per heavy atom. The molecule has 2 aromatic rings. The van der Waals surface area contributed by atoms with Crippen LogP contribution in [0.25, 0.3) is 0 Å². The molecule has 1 amide bonds. The molecule has 3 heterocycles. The average Bonchev–Trinajstić information content (AvgIpc) is 3.10. The summed E-state index contributed by atoms with van der Waals surface area (Å²) < 4.78 is 5.85. The molecule has 25 heavy (non-hydrogen) atoms. The molecule has 0 spiro atoms. The van der Waals surface area contributed by atoms with Crippen LogP contribution in [0.5, 0.6) is 0 Å². The number of imidazole rings is 1. The number of nitrogens with zero attached hydrogens (tertiary/aromatic N) is 3. The molecule has 132 valence electrons. The summed E-state index contributed by atoms with van der Waals surface area (Å²) in [7, 11) is 0. The minimum absolute atomic E-state index is 0.0203. The van der Waals surface area contributed by atoms with Gasteiger partial charge >= 0.3 is 0 Å². The van der Waals surface area contributed by atoms with Gasteiger partial charge in [-0.3, -0.25) is 9.69 Å². The first-order valence-electron chi connectivity index (χ1n) is 8.95. The number of carbonyl (C=O) groups excluding carboxylic acids is 1. The largest absolute Gasteiger partial charge is 0.375 e. The number of benzene rings is 1. The molecular weight excluding hydrogens is 316 g/mol. The lowest BCUT2D eigenvalue weighted by atomic mass is 10.1. The van der Waals surface area contributed by atoms with Crippen molar-refractivity contribution in [3.05, 3.63) is 53.6 Å². The Bertz CT molecular complexity index is 715. The van der Waals surface area contributed by atoms with Crippen molar-refractivity contribution in [2.24, 2.45) is 0 Å². The predicted octanol–water partition coefficient (Wildman–Crippen LogP) is 1.59. The van der Waals surface area contributed by atoms with Gasteiger partial charge in [0.25, 0.3) is 0 Å². The van der Waals surface area contributed by atoms with Crippen molar-refractivity contribution >= 4 is 5.91 Å². The van der Waals surface area contributed by atoms with Crippen molar-refractivity contribution in [2.75, 3.05) is 26.2 Å². The number of H-pyrrole nitrogens is 1. The van der Waals surface area contributed by atoms with E-state index < -0.39 is 0 Å². The highest BCUT2D eigenvalue weighted by Gasteiger charge is 2.27. The van der Waals surface area contributed by atoms with Crippen LogP contribution in [0.4, 0.5) is 0 Å². The standard InChI is InChI=1S/C19H24N4O2/c24-19(23-7-6-17-18(13-23)21-14-20-17)10-16-12-22(8-9-25-16)11-15-4-2-1-3-5-15/h1-5,14,16H,6-13H2,(H,20,21)/t16-/m0/s1. The molecule has 1 N–H and O–H groups in total. The van der Waals surface area contributed by atoms with Crippen LogP contribution in [0.3, 0.4) is 0 Å². The van der Waals surface area contributed by atoms with Crippen LogP contribution in [0.15, 0.2) is 36.7 Å². The molecule has 1 aromatic heterocycles. The van der Waals surface area contributed by atoms with Crippen molar-refractivity contribution in [1.29, 1.82) is 0 Å². The fraction of sp³-hybridized carbons (Fsp3) is 0.474. The first-order chi connectivity index (χ1) is 12.3. The lowest BCUT2D eigenvalue weighted by molar-refractivity contribution is -0.137. The normalized spacial score (nSPS) is 21.1. The maximum atomic E-state index is 12.7. The van der Waals surface area contributed by atoms with Gasteiger partial charge in [0.15, 0.2) is 0 Å². The summed E-state index contributed by atoms with van der Waals surface area (Å²) in [5, 5.41) is 0. The van der Waals surface area contributed by atoms with Gasteiger partial charge in [0.2, 0.25) is 5.91 Å². The van der Waals surface area contributed by atoms with E-state index in [1.807, 2.05) is 11.0 Å². The number of amides is 1. The molecule has 1 saturated heterocycles. The molecular formula is C19H24N4O2. The number of morpholine rings is 1. The van der Waals surface area contributed by atoms with E-state index in [0.717, 1.165) is 44.0 Å². The molecule has 0 unspecified atom stereocenters. The molecule has 6 heteroatoms. The van der Waals surface area contributed by atoms with Crippen molar-refractivity contribution in [3.63, 3.8) is 0 Å². The van der Waals surface area contributed by atoms with Gasteiger partial charge in [0, 0.05) is 32.6 Å². The third-order valence-corrected chi connectivity index (χ3v) is 5.00. The summed E-state index contributed by atoms with van der Waals surface area (Å²) in [5.41, 5.74) is 3.46. The van der Waals surface area contributed by atoms with E-state index in [4.69, 9.17) is 4.74 Å². The highest BCUT2D eigenvalue weighted by Crippen LogP contribution is 2.18. The number of hydrogen-bond donors (Lipinski definition) is 1. The lowest BCUT2D eigenvalue weighted by Crippen LogP contribution is -2.45. The zero-order valence-electron chi connectivity index (χ0n) is 14.4. The Labute approximate surface area is 147 Å². The van der Waals surface area contributed by atoms with Gasteiger partial charge in [-0.1, -0.05) is 30.3 Å². The first kappa shape index (κ1) is 16.3. The number of hydrogen-bond acceptors (Lipinski definition) is 4. The summed E-state index contributed by atoms with van der Waals surface area (Å²) in [6, 6.07) is 10.5. The predicted molar refractivity (Wildman–Crippen MR) is 93.8 cm³/mol. The average molecular weight is 340 g/mol. The number of aromatic amines is 1. The van der Waals surface area contributed by atoms with E-state index in [-0.39, 0.29) is 12.0 Å². The SMILES string of the molecule is O=C(C[C@H]1CN(Cc2ccccc2)CCO1)N1CCc2nc[nH]c2C1. The Morgan fingerprint density at radius 3 is 3.04 bits per heavy atom. The second-order valence-electron chi connectivity index (χ2n) is 6.81. The number of ether oxygens (including phenoxy) is 1. The number of aromatic nitrogens is 2. The lowest BCUT2D eigenvalue weighted by Gasteiger charge is -2.34. The van der Waals surface area contributed by atoms with E-state index in [2.05, 4.69) is 39.1 Å². The number of fused-ring (bicyclic) bond motifs is 1. The summed E-state index contributed by atoms with van der Waals surface area (Å²) in [6.07, 6.45) is 2.98. The molecule has 0 radical (unpaired) electrons. The van der Waals surface area contributed by atoms with Gasteiger partial charge in [0.05, 0.1) is 43.4 Å². The maximum Gasteiger partial charge on any atom is 0.225 e. The molecule has 0 bridgehead atoms. The summed E-state index contributed by atoms with van der Waals surface area (Å²) in [6.45, 7) is 4.71.